The minimum Gasteiger partial charge on any atom is -0.463 e. The molecule has 2 N–H and O–H groups in total. The molecule has 4 aromatic rings. The van der Waals surface area contributed by atoms with Gasteiger partial charge >= 0.3 is 5.97 Å². The molecular formula is C35H38ClF3N8O5S. The lowest BCUT2D eigenvalue weighted by molar-refractivity contribution is -0.147. The minimum atomic E-state index is -3.68. The number of aliphatic imine (C=N–C) groups is 1. The number of esters is 1. The average molecular weight is 775 g/mol. The third kappa shape index (κ3) is 7.40. The zero-order valence-corrected chi connectivity index (χ0v) is 30.9. The number of carbonyl (C=O) groups is 2. The Morgan fingerprint density at radius 1 is 1.15 bits per heavy atom. The van der Waals surface area contributed by atoms with Gasteiger partial charge in [-0.1, -0.05) is 57.5 Å². The Bertz CT molecular complexity index is 2200. The molecule has 2 aromatic heterocycles. The topological polar surface area (TPSA) is 168 Å². The summed E-state index contributed by atoms with van der Waals surface area (Å²) in [5, 5.41) is 7.41. The van der Waals surface area contributed by atoms with Crippen LogP contribution in [0.4, 0.5) is 13.2 Å². The number of halogens is 4. The quantitative estimate of drug-likeness (QED) is 0.159. The Balaban J connectivity index is 1.42. The second kappa shape index (κ2) is 14.2. The Kier molecular flexibility index (Phi) is 10.2. The van der Waals surface area contributed by atoms with E-state index < -0.39 is 68.8 Å². The Morgan fingerprint density at radius 2 is 1.89 bits per heavy atom. The maximum Gasteiger partial charge on any atom is 0.305 e. The van der Waals surface area contributed by atoms with E-state index in [0.29, 0.717) is 24.8 Å². The van der Waals surface area contributed by atoms with Crippen molar-refractivity contribution in [3.8, 4) is 16.8 Å². The molecule has 0 spiro atoms. The summed E-state index contributed by atoms with van der Waals surface area (Å²) in [5.41, 5.74) is 5.01. The van der Waals surface area contributed by atoms with Gasteiger partial charge in [0.2, 0.25) is 0 Å². The lowest BCUT2D eigenvalue weighted by Crippen LogP contribution is -2.47. The standard InChI is InChI=1S/C35H38ClF3N8O5S/c1-5-6-29(48)52-17-28(20-7-12-25(36)27(13-20)47-31(30(38)39)41-19-43-47)46-32(49)35(44-33(46)40,18-34(2,3)4)22-8-11-24(26(37)14-22)21-15-42-45(16-21)53(50,51)23-9-10-23/h7-8,11-16,19,23,28,30H,5-6,9-10,17-18H2,1-4H3,(H2,40,44)/t28-,35-/m1/s1. The summed E-state index contributed by atoms with van der Waals surface area (Å²) in [7, 11) is -3.68. The lowest BCUT2D eigenvalue weighted by atomic mass is 9.75. The van der Waals surface area contributed by atoms with Crippen molar-refractivity contribution in [3.63, 3.8) is 0 Å². The van der Waals surface area contributed by atoms with E-state index in [4.69, 9.17) is 27.1 Å². The molecular weight excluding hydrogens is 737 g/mol. The van der Waals surface area contributed by atoms with Gasteiger partial charge in [-0.2, -0.15) is 14.3 Å². The summed E-state index contributed by atoms with van der Waals surface area (Å²) in [4.78, 5) is 37.0. The van der Waals surface area contributed by atoms with Crippen molar-refractivity contribution in [1.29, 1.82) is 0 Å². The van der Waals surface area contributed by atoms with Gasteiger partial charge in [-0.05, 0) is 60.4 Å². The average Bonchev–Trinajstić information content (AvgIpc) is 3.53. The maximum absolute atomic E-state index is 16.1. The first-order valence-electron chi connectivity index (χ1n) is 16.9. The molecule has 1 aliphatic carbocycles. The second-order valence-corrected chi connectivity index (χ2v) is 16.8. The molecule has 0 saturated heterocycles. The highest BCUT2D eigenvalue weighted by molar-refractivity contribution is 7.90. The molecule has 2 aromatic carbocycles. The molecule has 3 heterocycles. The molecule has 0 radical (unpaired) electrons. The van der Waals surface area contributed by atoms with Gasteiger partial charge in [0, 0.05) is 17.5 Å². The first-order valence-corrected chi connectivity index (χ1v) is 18.8. The molecule has 6 rings (SSSR count). The number of benzene rings is 2. The molecule has 13 nitrogen and oxygen atoms in total. The van der Waals surface area contributed by atoms with E-state index in [1.807, 2.05) is 20.8 Å². The Hall–Kier alpha value is -4.77. The maximum atomic E-state index is 16.1. The monoisotopic (exact) mass is 774 g/mol. The van der Waals surface area contributed by atoms with Crippen LogP contribution in [-0.2, 0) is 29.9 Å². The van der Waals surface area contributed by atoms with Crippen molar-refractivity contribution >= 4 is 39.5 Å². The van der Waals surface area contributed by atoms with Crippen LogP contribution in [0, 0.1) is 11.2 Å². The normalized spacial score (nSPS) is 18.5. The first-order chi connectivity index (χ1) is 25.0. The largest absolute Gasteiger partial charge is 0.463 e. The summed E-state index contributed by atoms with van der Waals surface area (Å²) >= 11 is 6.45. The van der Waals surface area contributed by atoms with Crippen LogP contribution in [0.2, 0.25) is 5.02 Å². The smallest absolute Gasteiger partial charge is 0.305 e. The van der Waals surface area contributed by atoms with Crippen LogP contribution >= 0.6 is 11.6 Å². The van der Waals surface area contributed by atoms with Gasteiger partial charge < -0.3 is 10.5 Å². The number of nitrogens with zero attached hydrogens (tertiary/aromatic N) is 7. The summed E-state index contributed by atoms with van der Waals surface area (Å²) < 4.78 is 76.4. The molecule has 18 heteroatoms. The fraction of sp³-hybridized carbons (Fsp3) is 0.429. The van der Waals surface area contributed by atoms with Crippen molar-refractivity contribution in [2.75, 3.05) is 6.61 Å². The summed E-state index contributed by atoms with van der Waals surface area (Å²) in [6, 6.07) is 7.37. The van der Waals surface area contributed by atoms with Gasteiger partial charge in [0.05, 0.1) is 34.4 Å². The van der Waals surface area contributed by atoms with Gasteiger partial charge in [-0.3, -0.25) is 14.5 Å². The highest BCUT2D eigenvalue weighted by Crippen LogP contribution is 2.46. The van der Waals surface area contributed by atoms with Crippen LogP contribution in [0.1, 0.15) is 89.2 Å². The van der Waals surface area contributed by atoms with Crippen molar-refractivity contribution in [1.82, 2.24) is 28.9 Å². The third-order valence-corrected chi connectivity index (χ3v) is 11.3. The molecule has 1 fully saturated rings. The summed E-state index contributed by atoms with van der Waals surface area (Å²) in [6.45, 7) is 7.04. The number of alkyl halides is 2. The van der Waals surface area contributed by atoms with Crippen LogP contribution in [0.15, 0.2) is 60.1 Å². The van der Waals surface area contributed by atoms with Crippen molar-refractivity contribution in [2.45, 2.75) is 83.1 Å². The van der Waals surface area contributed by atoms with Gasteiger partial charge in [0.1, 0.15) is 18.8 Å². The number of amides is 1. The molecule has 53 heavy (non-hydrogen) atoms. The van der Waals surface area contributed by atoms with E-state index >= 15 is 4.39 Å². The second-order valence-electron chi connectivity index (χ2n) is 14.3. The number of guanidine groups is 1. The highest BCUT2D eigenvalue weighted by Gasteiger charge is 2.53. The van der Waals surface area contributed by atoms with E-state index in [-0.39, 0.29) is 46.2 Å². The van der Waals surface area contributed by atoms with Gasteiger partial charge in [-0.15, -0.1) is 0 Å². The van der Waals surface area contributed by atoms with E-state index in [9.17, 15) is 26.8 Å². The molecule has 0 bridgehead atoms. The fourth-order valence-electron chi connectivity index (χ4n) is 6.43. The van der Waals surface area contributed by atoms with Gasteiger partial charge in [-0.25, -0.2) is 36.2 Å². The molecule has 1 saturated carbocycles. The first kappa shape index (κ1) is 38.0. The number of carbonyl (C=O) groups excluding carboxylic acids is 2. The van der Waals surface area contributed by atoms with E-state index in [0.717, 1.165) is 20.0 Å². The molecule has 2 aliphatic rings. The molecule has 282 valence electrons. The number of hydrogen-bond donors (Lipinski definition) is 1. The summed E-state index contributed by atoms with van der Waals surface area (Å²) in [6.07, 6.45) is 2.21. The number of hydrogen-bond acceptors (Lipinski definition) is 10. The van der Waals surface area contributed by atoms with Crippen molar-refractivity contribution < 1.29 is 35.9 Å². The summed E-state index contributed by atoms with van der Waals surface area (Å²) in [5.74, 6) is -2.87. The number of ether oxygens (including phenoxy) is 1. The van der Waals surface area contributed by atoms with Crippen molar-refractivity contribution in [3.05, 3.63) is 82.9 Å². The molecule has 0 unspecified atom stereocenters. The molecule has 2 atom stereocenters. The third-order valence-electron chi connectivity index (χ3n) is 8.96. The van der Waals surface area contributed by atoms with Crippen molar-refractivity contribution in [2.24, 2.45) is 16.1 Å². The van der Waals surface area contributed by atoms with Crippen LogP contribution in [0.5, 0.6) is 0 Å². The van der Waals surface area contributed by atoms with Crippen LogP contribution < -0.4 is 5.73 Å². The number of rotatable bonds is 13. The van der Waals surface area contributed by atoms with Crippen LogP contribution in [0.3, 0.4) is 0 Å². The lowest BCUT2D eigenvalue weighted by Gasteiger charge is -2.35. The van der Waals surface area contributed by atoms with E-state index in [1.54, 1.807) is 6.92 Å². The Labute approximate surface area is 309 Å². The zero-order valence-electron chi connectivity index (χ0n) is 29.3. The van der Waals surface area contributed by atoms with E-state index in [2.05, 4.69) is 15.2 Å². The molecule has 1 aliphatic heterocycles. The van der Waals surface area contributed by atoms with E-state index in [1.165, 1.54) is 48.8 Å². The van der Waals surface area contributed by atoms with Gasteiger partial charge in [0.15, 0.2) is 17.3 Å². The SMILES string of the molecule is CCCC(=O)OC[C@H](c1ccc(Cl)c(-n2ncnc2C(F)F)c1)N1C(=O)[C@@](CC(C)(C)C)(c2ccc(-c3cnn(S(=O)(=O)C4CC4)c3)c(F)c2)N=C1N. The minimum absolute atomic E-state index is 0.0240. The number of aromatic nitrogens is 5. The fourth-order valence-corrected chi connectivity index (χ4v) is 8.11. The predicted molar refractivity (Wildman–Crippen MR) is 189 cm³/mol. The van der Waals surface area contributed by atoms with Gasteiger partial charge in [0.25, 0.3) is 22.4 Å². The predicted octanol–water partition coefficient (Wildman–Crippen LogP) is 6.07. The molecule has 1 amide bonds. The number of nitrogens with two attached hydrogens (primary N) is 1. The van der Waals surface area contributed by atoms with Crippen LogP contribution in [0.25, 0.3) is 16.8 Å². The highest BCUT2D eigenvalue weighted by atomic mass is 35.5. The van der Waals surface area contributed by atoms with Crippen LogP contribution in [-0.4, -0.2) is 67.0 Å². The zero-order chi connectivity index (χ0) is 38.5. The Morgan fingerprint density at radius 3 is 2.53 bits per heavy atom.